The zero-order valence-corrected chi connectivity index (χ0v) is 9.67. The van der Waals surface area contributed by atoms with Crippen molar-refractivity contribution >= 4 is 11.5 Å². The molecule has 2 N–H and O–H groups in total. The van der Waals surface area contributed by atoms with Gasteiger partial charge in [-0.3, -0.25) is 0 Å². The van der Waals surface area contributed by atoms with Crippen molar-refractivity contribution < 1.29 is 9.47 Å². The highest BCUT2D eigenvalue weighted by atomic mass is 16.7. The Hall–Kier alpha value is -2.49. The number of hydrogen-bond donors (Lipinski definition) is 1. The maximum atomic E-state index is 5.97. The molecule has 90 valence electrons. The van der Waals surface area contributed by atoms with Gasteiger partial charge in [0.1, 0.15) is 5.84 Å². The van der Waals surface area contributed by atoms with Crippen molar-refractivity contribution in [1.29, 1.82) is 0 Å². The molecule has 0 aliphatic carbocycles. The van der Waals surface area contributed by atoms with Crippen LogP contribution in [0.15, 0.2) is 53.5 Å². The molecule has 18 heavy (non-hydrogen) atoms. The molecule has 3 rings (SSSR count). The molecule has 0 unspecified atom stereocenters. The van der Waals surface area contributed by atoms with E-state index in [0.717, 1.165) is 17.0 Å². The van der Waals surface area contributed by atoms with E-state index < -0.39 is 0 Å². The van der Waals surface area contributed by atoms with Crippen LogP contribution in [0.5, 0.6) is 11.5 Å². The van der Waals surface area contributed by atoms with Crippen LogP contribution in [0.3, 0.4) is 0 Å². The molecule has 1 aliphatic rings. The third-order valence-electron chi connectivity index (χ3n) is 2.67. The molecule has 0 radical (unpaired) electrons. The number of amidine groups is 1. The summed E-state index contributed by atoms with van der Waals surface area (Å²) in [5, 5.41) is 0. The Kier molecular flexibility index (Phi) is 2.61. The molecule has 4 nitrogen and oxygen atoms in total. The molecule has 1 aliphatic heterocycles. The first-order valence-electron chi connectivity index (χ1n) is 5.62. The Labute approximate surface area is 105 Å². The molecule has 0 saturated heterocycles. The van der Waals surface area contributed by atoms with E-state index >= 15 is 0 Å². The van der Waals surface area contributed by atoms with Crippen LogP contribution < -0.4 is 15.2 Å². The molecule has 4 heteroatoms. The van der Waals surface area contributed by atoms with E-state index in [1.165, 1.54) is 0 Å². The summed E-state index contributed by atoms with van der Waals surface area (Å²) in [6.45, 7) is 0.258. The Bertz CT molecular complexity index is 594. The van der Waals surface area contributed by atoms with Crippen LogP contribution in [0.1, 0.15) is 5.56 Å². The van der Waals surface area contributed by atoms with Crippen LogP contribution in [0.2, 0.25) is 0 Å². The first-order chi connectivity index (χ1) is 8.83. The second-order valence-corrected chi connectivity index (χ2v) is 3.90. The lowest BCUT2D eigenvalue weighted by atomic mass is 10.2. The molecule has 0 atom stereocenters. The molecular formula is C14H12N2O2. The first kappa shape index (κ1) is 10.7. The van der Waals surface area contributed by atoms with E-state index in [0.29, 0.717) is 11.6 Å². The second kappa shape index (κ2) is 4.41. The van der Waals surface area contributed by atoms with Gasteiger partial charge in [-0.15, -0.1) is 0 Å². The lowest BCUT2D eigenvalue weighted by molar-refractivity contribution is 0.174. The highest BCUT2D eigenvalue weighted by Gasteiger charge is 2.14. The minimum absolute atomic E-state index is 0.258. The summed E-state index contributed by atoms with van der Waals surface area (Å²) in [6.07, 6.45) is 0. The Morgan fingerprint density at radius 1 is 1.00 bits per heavy atom. The lowest BCUT2D eigenvalue weighted by Crippen LogP contribution is -2.12. The highest BCUT2D eigenvalue weighted by Crippen LogP contribution is 2.32. The maximum Gasteiger partial charge on any atom is 0.231 e. The number of ether oxygens (including phenoxy) is 2. The minimum atomic E-state index is 0.258. The van der Waals surface area contributed by atoms with Gasteiger partial charge in [-0.25, -0.2) is 4.99 Å². The topological polar surface area (TPSA) is 56.8 Å². The van der Waals surface area contributed by atoms with E-state index in [4.69, 9.17) is 15.2 Å². The number of nitrogens with zero attached hydrogens (tertiary/aromatic N) is 1. The molecule has 0 amide bonds. The van der Waals surface area contributed by atoms with Crippen LogP contribution in [0.4, 0.5) is 5.69 Å². The fourth-order valence-corrected chi connectivity index (χ4v) is 1.76. The summed E-state index contributed by atoms with van der Waals surface area (Å²) >= 11 is 0. The minimum Gasteiger partial charge on any atom is -0.454 e. The fraction of sp³-hybridized carbons (Fsp3) is 0.0714. The quantitative estimate of drug-likeness (QED) is 0.648. The summed E-state index contributed by atoms with van der Waals surface area (Å²) in [5.74, 6) is 1.91. The normalized spacial score (nSPS) is 13.7. The zero-order valence-electron chi connectivity index (χ0n) is 9.67. The average Bonchev–Trinajstić information content (AvgIpc) is 2.87. The molecule has 1 heterocycles. The smallest absolute Gasteiger partial charge is 0.231 e. The second-order valence-electron chi connectivity index (χ2n) is 3.90. The van der Waals surface area contributed by atoms with Crippen molar-refractivity contribution in [2.45, 2.75) is 0 Å². The highest BCUT2D eigenvalue weighted by molar-refractivity contribution is 5.99. The number of hydrogen-bond acceptors (Lipinski definition) is 3. The molecule has 0 aromatic heterocycles. The third kappa shape index (κ3) is 2.00. The zero-order chi connectivity index (χ0) is 12.4. The number of para-hydroxylation sites is 1. The Balaban J connectivity index is 1.93. The van der Waals surface area contributed by atoms with Gasteiger partial charge >= 0.3 is 0 Å². The molecule has 0 fully saturated rings. The van der Waals surface area contributed by atoms with Crippen LogP contribution in [0.25, 0.3) is 0 Å². The van der Waals surface area contributed by atoms with Crippen LogP contribution >= 0.6 is 0 Å². The number of aliphatic imine (C=N–C) groups is 1. The van der Waals surface area contributed by atoms with E-state index in [9.17, 15) is 0 Å². The number of nitrogens with two attached hydrogens (primary N) is 1. The van der Waals surface area contributed by atoms with Crippen molar-refractivity contribution in [1.82, 2.24) is 0 Å². The first-order valence-corrected chi connectivity index (χ1v) is 5.62. The summed E-state index contributed by atoms with van der Waals surface area (Å²) in [7, 11) is 0. The van der Waals surface area contributed by atoms with Crippen LogP contribution in [-0.2, 0) is 0 Å². The van der Waals surface area contributed by atoms with E-state index in [1.54, 1.807) is 0 Å². The standard InChI is InChI=1S/C14H12N2O2/c15-14(16-11-4-2-1-3-5-11)10-6-7-12-13(8-10)18-9-17-12/h1-8H,9H2,(H2,15,16). The average molecular weight is 240 g/mol. The van der Waals surface area contributed by atoms with E-state index in [1.807, 2.05) is 48.5 Å². The summed E-state index contributed by atoms with van der Waals surface area (Å²) < 4.78 is 10.6. The van der Waals surface area contributed by atoms with Gasteiger partial charge in [0.2, 0.25) is 6.79 Å². The van der Waals surface area contributed by atoms with E-state index in [-0.39, 0.29) is 6.79 Å². The van der Waals surface area contributed by atoms with Gasteiger partial charge in [0.05, 0.1) is 5.69 Å². The van der Waals surface area contributed by atoms with Gasteiger partial charge in [-0.1, -0.05) is 18.2 Å². The van der Waals surface area contributed by atoms with Crippen molar-refractivity contribution in [2.75, 3.05) is 6.79 Å². The molecule has 0 spiro atoms. The molecule has 0 saturated carbocycles. The van der Waals surface area contributed by atoms with Gasteiger partial charge < -0.3 is 15.2 Å². The van der Waals surface area contributed by atoms with Gasteiger partial charge in [-0.2, -0.15) is 0 Å². The summed E-state index contributed by atoms with van der Waals surface area (Å²) in [5.41, 5.74) is 7.62. The predicted molar refractivity (Wildman–Crippen MR) is 69.4 cm³/mol. The molecule has 2 aromatic rings. The third-order valence-corrected chi connectivity index (χ3v) is 2.67. The summed E-state index contributed by atoms with van der Waals surface area (Å²) in [4.78, 5) is 4.35. The molecule has 0 bridgehead atoms. The molecular weight excluding hydrogens is 228 g/mol. The van der Waals surface area contributed by atoms with Crippen LogP contribution in [-0.4, -0.2) is 12.6 Å². The fourth-order valence-electron chi connectivity index (χ4n) is 1.76. The Morgan fingerprint density at radius 2 is 1.78 bits per heavy atom. The Morgan fingerprint density at radius 3 is 2.61 bits per heavy atom. The number of benzene rings is 2. The molecule has 2 aromatic carbocycles. The number of rotatable bonds is 2. The number of fused-ring (bicyclic) bond motifs is 1. The van der Waals surface area contributed by atoms with Gasteiger partial charge in [0.25, 0.3) is 0 Å². The largest absolute Gasteiger partial charge is 0.454 e. The SMILES string of the molecule is NC(=Nc1ccccc1)c1ccc2c(c1)OCO2. The van der Waals surface area contributed by atoms with Crippen LogP contribution in [0, 0.1) is 0 Å². The van der Waals surface area contributed by atoms with E-state index in [2.05, 4.69) is 4.99 Å². The van der Waals surface area contributed by atoms with Gasteiger partial charge in [0, 0.05) is 5.56 Å². The van der Waals surface area contributed by atoms with Gasteiger partial charge in [-0.05, 0) is 30.3 Å². The predicted octanol–water partition coefficient (Wildman–Crippen LogP) is 2.45. The van der Waals surface area contributed by atoms with Crippen molar-refractivity contribution in [3.8, 4) is 11.5 Å². The van der Waals surface area contributed by atoms with Crippen molar-refractivity contribution in [2.24, 2.45) is 10.7 Å². The summed E-state index contributed by atoms with van der Waals surface area (Å²) in [6, 6.07) is 15.1. The van der Waals surface area contributed by atoms with Crippen molar-refractivity contribution in [3.05, 3.63) is 54.1 Å². The monoisotopic (exact) mass is 240 g/mol. The van der Waals surface area contributed by atoms with Gasteiger partial charge in [0.15, 0.2) is 11.5 Å². The lowest BCUT2D eigenvalue weighted by Gasteiger charge is -2.02. The van der Waals surface area contributed by atoms with Crippen molar-refractivity contribution in [3.63, 3.8) is 0 Å². The maximum absolute atomic E-state index is 5.97.